The van der Waals surface area contributed by atoms with Crippen molar-refractivity contribution in [3.05, 3.63) is 24.2 Å². The van der Waals surface area contributed by atoms with Crippen molar-refractivity contribution in [3.63, 3.8) is 0 Å². The molecule has 0 aromatic carbocycles. The number of furan rings is 1. The molecule has 0 radical (unpaired) electrons. The molecule has 3 unspecified atom stereocenters. The number of nitrogens with zero attached hydrogens (tertiary/aromatic N) is 1. The molecule has 1 fully saturated rings. The van der Waals surface area contributed by atoms with Gasteiger partial charge in [-0.1, -0.05) is 12.8 Å². The highest BCUT2D eigenvalue weighted by Crippen LogP contribution is 2.30. The largest absolute Gasteiger partial charge is 0.468 e. The zero-order valence-electron chi connectivity index (χ0n) is 10.9. The lowest BCUT2D eigenvalue weighted by Crippen LogP contribution is -2.43. The number of nitrogens with two attached hydrogens (primary N) is 1. The highest BCUT2D eigenvalue weighted by atomic mass is 16.3. The molecule has 2 N–H and O–H groups in total. The van der Waals surface area contributed by atoms with Crippen molar-refractivity contribution in [2.24, 2.45) is 5.73 Å². The molecule has 0 saturated carbocycles. The van der Waals surface area contributed by atoms with Crippen molar-refractivity contribution in [1.82, 2.24) is 4.90 Å². The van der Waals surface area contributed by atoms with Crippen LogP contribution in [0.2, 0.25) is 0 Å². The van der Waals surface area contributed by atoms with Gasteiger partial charge in [0, 0.05) is 12.1 Å². The molecule has 1 aromatic heterocycles. The first-order chi connectivity index (χ1) is 8.20. The summed E-state index contributed by atoms with van der Waals surface area (Å²) in [6.07, 6.45) is 6.96. The summed E-state index contributed by atoms with van der Waals surface area (Å²) in [7, 11) is 0. The predicted octanol–water partition coefficient (Wildman–Crippen LogP) is 2.93. The first-order valence-electron chi connectivity index (χ1n) is 6.75. The maximum absolute atomic E-state index is 6.17. The lowest BCUT2D eigenvalue weighted by molar-refractivity contribution is 0.113. The minimum absolute atomic E-state index is 0.0988. The lowest BCUT2D eigenvalue weighted by atomic mass is 10.0. The van der Waals surface area contributed by atoms with Gasteiger partial charge >= 0.3 is 0 Å². The zero-order valence-corrected chi connectivity index (χ0v) is 10.9. The van der Waals surface area contributed by atoms with Gasteiger partial charge < -0.3 is 10.2 Å². The maximum atomic E-state index is 6.17. The van der Waals surface area contributed by atoms with E-state index in [0.717, 1.165) is 12.3 Å². The molecule has 1 saturated heterocycles. The Hall–Kier alpha value is -0.800. The fourth-order valence-electron chi connectivity index (χ4n) is 2.89. The van der Waals surface area contributed by atoms with E-state index in [0.29, 0.717) is 6.04 Å². The summed E-state index contributed by atoms with van der Waals surface area (Å²) >= 11 is 0. The molecule has 96 valence electrons. The molecule has 0 spiro atoms. The van der Waals surface area contributed by atoms with Crippen LogP contribution in [0.4, 0.5) is 0 Å². The molecule has 17 heavy (non-hydrogen) atoms. The average molecular weight is 236 g/mol. The second kappa shape index (κ2) is 5.69. The van der Waals surface area contributed by atoms with E-state index >= 15 is 0 Å². The van der Waals surface area contributed by atoms with Crippen molar-refractivity contribution in [3.8, 4) is 0 Å². The molecular weight excluding hydrogens is 212 g/mol. The van der Waals surface area contributed by atoms with E-state index in [2.05, 4.69) is 18.7 Å². The summed E-state index contributed by atoms with van der Waals surface area (Å²) in [5.41, 5.74) is 6.17. The van der Waals surface area contributed by atoms with E-state index in [9.17, 15) is 0 Å². The minimum atomic E-state index is 0.0988. The monoisotopic (exact) mass is 236 g/mol. The van der Waals surface area contributed by atoms with Crippen molar-refractivity contribution in [2.45, 2.75) is 57.7 Å². The van der Waals surface area contributed by atoms with Crippen LogP contribution in [0.3, 0.4) is 0 Å². The minimum Gasteiger partial charge on any atom is -0.468 e. The summed E-state index contributed by atoms with van der Waals surface area (Å²) in [5.74, 6) is 1.01. The third-order valence-corrected chi connectivity index (χ3v) is 3.79. The predicted molar refractivity (Wildman–Crippen MR) is 69.7 cm³/mol. The third-order valence-electron chi connectivity index (χ3n) is 3.79. The average Bonchev–Trinajstić information content (AvgIpc) is 2.71. The molecule has 3 nitrogen and oxygen atoms in total. The third kappa shape index (κ3) is 2.90. The Bertz CT molecular complexity index is 321. The fourth-order valence-corrected chi connectivity index (χ4v) is 2.89. The molecule has 0 aliphatic carbocycles. The first kappa shape index (κ1) is 12.7. The SMILES string of the molecule is CC(N)C(c1ccco1)N1CCCCCC1C. The molecular formula is C14H24N2O. The van der Waals surface area contributed by atoms with E-state index in [1.807, 2.05) is 12.1 Å². The van der Waals surface area contributed by atoms with Crippen molar-refractivity contribution in [2.75, 3.05) is 6.54 Å². The van der Waals surface area contributed by atoms with Gasteiger partial charge in [-0.3, -0.25) is 4.90 Å². The highest BCUT2D eigenvalue weighted by Gasteiger charge is 2.30. The Morgan fingerprint density at radius 1 is 1.41 bits per heavy atom. The molecule has 2 heterocycles. The number of likely N-dealkylation sites (tertiary alicyclic amines) is 1. The normalized spacial score (nSPS) is 26.4. The molecule has 0 bridgehead atoms. The maximum Gasteiger partial charge on any atom is 0.122 e. The second-order valence-corrected chi connectivity index (χ2v) is 5.26. The van der Waals surface area contributed by atoms with E-state index < -0.39 is 0 Å². The van der Waals surface area contributed by atoms with Crippen molar-refractivity contribution < 1.29 is 4.42 Å². The number of hydrogen-bond acceptors (Lipinski definition) is 3. The van der Waals surface area contributed by atoms with Crippen LogP contribution in [-0.4, -0.2) is 23.5 Å². The van der Waals surface area contributed by atoms with Crippen LogP contribution in [0, 0.1) is 0 Å². The molecule has 1 aromatic rings. The standard InChI is InChI=1S/C14H24N2O/c1-11-7-4-3-5-9-16(11)14(12(2)15)13-8-6-10-17-13/h6,8,10-12,14H,3-5,7,9,15H2,1-2H3. The van der Waals surface area contributed by atoms with Gasteiger partial charge in [-0.2, -0.15) is 0 Å². The van der Waals surface area contributed by atoms with Gasteiger partial charge in [0.15, 0.2) is 0 Å². The quantitative estimate of drug-likeness (QED) is 0.877. The van der Waals surface area contributed by atoms with Crippen LogP contribution in [0.5, 0.6) is 0 Å². The van der Waals surface area contributed by atoms with Gasteiger partial charge in [0.05, 0.1) is 12.3 Å². The van der Waals surface area contributed by atoms with Crippen molar-refractivity contribution in [1.29, 1.82) is 0 Å². The summed E-state index contributed by atoms with van der Waals surface area (Å²) in [6, 6.07) is 4.91. The van der Waals surface area contributed by atoms with Gasteiger partial charge in [0.25, 0.3) is 0 Å². The molecule has 1 aliphatic heterocycles. The Labute approximate surface area is 104 Å². The Morgan fingerprint density at radius 3 is 2.88 bits per heavy atom. The smallest absolute Gasteiger partial charge is 0.122 e. The summed E-state index contributed by atoms with van der Waals surface area (Å²) in [4.78, 5) is 2.52. The van der Waals surface area contributed by atoms with E-state index in [1.165, 1.54) is 25.7 Å². The van der Waals surface area contributed by atoms with Crippen LogP contribution in [0.25, 0.3) is 0 Å². The van der Waals surface area contributed by atoms with Gasteiger partial charge in [-0.15, -0.1) is 0 Å². The van der Waals surface area contributed by atoms with Gasteiger partial charge in [-0.25, -0.2) is 0 Å². The Kier molecular flexibility index (Phi) is 4.24. The van der Waals surface area contributed by atoms with E-state index in [1.54, 1.807) is 6.26 Å². The van der Waals surface area contributed by atoms with E-state index in [4.69, 9.17) is 10.2 Å². The fraction of sp³-hybridized carbons (Fsp3) is 0.714. The van der Waals surface area contributed by atoms with Crippen LogP contribution >= 0.6 is 0 Å². The van der Waals surface area contributed by atoms with Crippen LogP contribution in [0.1, 0.15) is 51.3 Å². The first-order valence-corrected chi connectivity index (χ1v) is 6.75. The molecule has 3 heteroatoms. The Morgan fingerprint density at radius 2 is 2.24 bits per heavy atom. The summed E-state index contributed by atoms with van der Waals surface area (Å²) in [6.45, 7) is 5.52. The Balaban J connectivity index is 2.19. The lowest BCUT2D eigenvalue weighted by Gasteiger charge is -2.36. The molecule has 3 atom stereocenters. The van der Waals surface area contributed by atoms with E-state index in [-0.39, 0.29) is 12.1 Å². The number of rotatable bonds is 3. The van der Waals surface area contributed by atoms with Crippen molar-refractivity contribution >= 4 is 0 Å². The van der Waals surface area contributed by atoms with Crippen LogP contribution in [-0.2, 0) is 0 Å². The van der Waals surface area contributed by atoms with Gasteiger partial charge in [0.2, 0.25) is 0 Å². The molecule has 0 amide bonds. The molecule has 1 aliphatic rings. The zero-order chi connectivity index (χ0) is 12.3. The summed E-state index contributed by atoms with van der Waals surface area (Å²) in [5, 5.41) is 0. The summed E-state index contributed by atoms with van der Waals surface area (Å²) < 4.78 is 5.58. The van der Waals surface area contributed by atoms with Crippen LogP contribution < -0.4 is 5.73 Å². The number of hydrogen-bond donors (Lipinski definition) is 1. The van der Waals surface area contributed by atoms with Crippen LogP contribution in [0.15, 0.2) is 22.8 Å². The second-order valence-electron chi connectivity index (χ2n) is 5.26. The highest BCUT2D eigenvalue weighted by molar-refractivity contribution is 5.08. The van der Waals surface area contributed by atoms with Gasteiger partial charge in [0.1, 0.15) is 5.76 Å². The van der Waals surface area contributed by atoms with Gasteiger partial charge in [-0.05, 0) is 45.4 Å². The molecule has 2 rings (SSSR count). The topological polar surface area (TPSA) is 42.4 Å².